The van der Waals surface area contributed by atoms with Crippen molar-refractivity contribution in [3.8, 4) is 0 Å². The Kier molecular flexibility index (Phi) is 2.35. The zero-order valence-electron chi connectivity index (χ0n) is 6.22. The molecule has 1 aromatic heterocycles. The lowest BCUT2D eigenvalue weighted by Gasteiger charge is -2.13. The minimum Gasteiger partial charge on any atom is -0.384 e. The monoisotopic (exact) mass is 195 g/mol. The molecule has 72 valence electrons. The summed E-state index contributed by atoms with van der Waals surface area (Å²) in [5.74, 6) is -4.55. The molecule has 13 heavy (non-hydrogen) atoms. The fourth-order valence-electron chi connectivity index (χ4n) is 0.666. The highest BCUT2D eigenvalue weighted by Crippen LogP contribution is 2.33. The van der Waals surface area contributed by atoms with Gasteiger partial charge in [-0.3, -0.25) is 0 Å². The molecule has 0 bridgehead atoms. The summed E-state index contributed by atoms with van der Waals surface area (Å²) in [6.45, 7) is 0. The lowest BCUT2D eigenvalue weighted by molar-refractivity contribution is -0.138. The van der Waals surface area contributed by atoms with Crippen molar-refractivity contribution < 1.29 is 17.6 Å². The van der Waals surface area contributed by atoms with Crippen LogP contribution >= 0.6 is 0 Å². The molecule has 1 heterocycles. The number of nitrogens with two attached hydrogens (primary N) is 1. The highest BCUT2D eigenvalue weighted by Gasteiger charge is 2.44. The molecule has 0 aliphatic heterocycles. The summed E-state index contributed by atoms with van der Waals surface area (Å²) in [6.07, 6.45) is -3.09. The Bertz CT molecular complexity index is 302. The first-order valence-electron chi connectivity index (χ1n) is 3.18. The minimum atomic E-state index is -4.28. The number of hydrogen-bond acceptors (Lipinski definition) is 3. The number of alkyl halides is 4. The van der Waals surface area contributed by atoms with Gasteiger partial charge < -0.3 is 5.73 Å². The van der Waals surface area contributed by atoms with E-state index in [-0.39, 0.29) is 5.82 Å². The van der Waals surface area contributed by atoms with Gasteiger partial charge in [0.1, 0.15) is 17.8 Å². The van der Waals surface area contributed by atoms with Crippen molar-refractivity contribution in [3.63, 3.8) is 0 Å². The average molecular weight is 195 g/mol. The van der Waals surface area contributed by atoms with Gasteiger partial charge in [-0.05, 0) is 0 Å². The van der Waals surface area contributed by atoms with Crippen molar-refractivity contribution in [3.05, 3.63) is 18.1 Å². The molecule has 0 aliphatic rings. The molecule has 0 fully saturated rings. The molecular formula is C6H5F4N3. The van der Waals surface area contributed by atoms with Crippen LogP contribution in [0.4, 0.5) is 23.4 Å². The highest BCUT2D eigenvalue weighted by atomic mass is 19.3. The van der Waals surface area contributed by atoms with Crippen LogP contribution in [0.2, 0.25) is 0 Å². The zero-order chi connectivity index (χ0) is 10.1. The van der Waals surface area contributed by atoms with Crippen molar-refractivity contribution in [1.82, 2.24) is 9.97 Å². The Labute approximate surface area is 70.6 Å². The standard InChI is InChI=1S/C6H5F4N3/c7-5(8)6(9,10)3-1-4(11)13-2-12-3/h1-2,5H,(H2,11,12,13). The SMILES string of the molecule is Nc1cc(C(F)(F)C(F)F)ncn1. The van der Waals surface area contributed by atoms with Gasteiger partial charge in [-0.2, -0.15) is 8.78 Å². The average Bonchev–Trinajstić information content (AvgIpc) is 2.04. The van der Waals surface area contributed by atoms with Gasteiger partial charge in [0.05, 0.1) is 0 Å². The third kappa shape index (κ3) is 1.85. The Morgan fingerprint density at radius 2 is 1.92 bits per heavy atom. The number of hydrogen-bond donors (Lipinski definition) is 1. The van der Waals surface area contributed by atoms with Gasteiger partial charge >= 0.3 is 12.3 Å². The molecular weight excluding hydrogens is 190 g/mol. The Hall–Kier alpha value is -1.40. The molecule has 1 aromatic rings. The Morgan fingerprint density at radius 1 is 1.31 bits per heavy atom. The van der Waals surface area contributed by atoms with Gasteiger partial charge in [0, 0.05) is 6.07 Å². The van der Waals surface area contributed by atoms with E-state index in [9.17, 15) is 17.6 Å². The Balaban J connectivity index is 3.07. The van der Waals surface area contributed by atoms with E-state index in [1.165, 1.54) is 0 Å². The largest absolute Gasteiger partial charge is 0.384 e. The van der Waals surface area contributed by atoms with Gasteiger partial charge in [0.15, 0.2) is 0 Å². The first kappa shape index (κ1) is 9.69. The van der Waals surface area contributed by atoms with Crippen LogP contribution in [-0.2, 0) is 5.92 Å². The van der Waals surface area contributed by atoms with Crippen LogP contribution in [0.3, 0.4) is 0 Å². The van der Waals surface area contributed by atoms with E-state index >= 15 is 0 Å². The summed E-state index contributed by atoms with van der Waals surface area (Å²) in [5, 5.41) is 0. The van der Waals surface area contributed by atoms with E-state index in [2.05, 4.69) is 9.97 Å². The van der Waals surface area contributed by atoms with Crippen LogP contribution in [0.1, 0.15) is 5.69 Å². The van der Waals surface area contributed by atoms with Crippen molar-refractivity contribution in [2.45, 2.75) is 12.3 Å². The maximum Gasteiger partial charge on any atom is 0.349 e. The normalized spacial score (nSPS) is 12.1. The third-order valence-electron chi connectivity index (χ3n) is 1.30. The molecule has 1 rings (SSSR count). The number of rotatable bonds is 2. The molecule has 0 radical (unpaired) electrons. The van der Waals surface area contributed by atoms with Crippen molar-refractivity contribution in [2.24, 2.45) is 0 Å². The molecule has 0 unspecified atom stereocenters. The van der Waals surface area contributed by atoms with E-state index in [0.717, 1.165) is 0 Å². The van der Waals surface area contributed by atoms with E-state index in [1.807, 2.05) is 0 Å². The maximum atomic E-state index is 12.6. The van der Waals surface area contributed by atoms with E-state index in [4.69, 9.17) is 5.73 Å². The number of aromatic nitrogens is 2. The fraction of sp³-hybridized carbons (Fsp3) is 0.333. The van der Waals surface area contributed by atoms with Crippen molar-refractivity contribution in [1.29, 1.82) is 0 Å². The molecule has 0 atom stereocenters. The minimum absolute atomic E-state index is 0.273. The quantitative estimate of drug-likeness (QED) is 0.726. The van der Waals surface area contributed by atoms with Crippen LogP contribution < -0.4 is 5.73 Å². The number of nitrogen functional groups attached to an aromatic ring is 1. The summed E-state index contributed by atoms with van der Waals surface area (Å²) in [5.41, 5.74) is 3.95. The first-order chi connectivity index (χ1) is 5.94. The summed E-state index contributed by atoms with van der Waals surface area (Å²) in [7, 11) is 0. The molecule has 2 N–H and O–H groups in total. The maximum absolute atomic E-state index is 12.6. The second-order valence-corrected chi connectivity index (χ2v) is 2.25. The molecule has 0 saturated heterocycles. The summed E-state index contributed by atoms with van der Waals surface area (Å²) < 4.78 is 48.7. The van der Waals surface area contributed by atoms with Crippen molar-refractivity contribution >= 4 is 5.82 Å². The molecule has 0 aromatic carbocycles. The summed E-state index contributed by atoms with van der Waals surface area (Å²) in [6, 6.07) is 0.617. The molecule has 0 amide bonds. The van der Waals surface area contributed by atoms with E-state index in [0.29, 0.717) is 12.4 Å². The molecule has 0 saturated carbocycles. The second kappa shape index (κ2) is 3.15. The van der Waals surface area contributed by atoms with Gasteiger partial charge in [-0.15, -0.1) is 0 Å². The first-order valence-corrected chi connectivity index (χ1v) is 3.18. The fourth-order valence-corrected chi connectivity index (χ4v) is 0.666. The highest BCUT2D eigenvalue weighted by molar-refractivity contribution is 5.29. The zero-order valence-corrected chi connectivity index (χ0v) is 6.22. The number of nitrogens with zero attached hydrogens (tertiary/aromatic N) is 2. The molecule has 3 nitrogen and oxygen atoms in total. The molecule has 0 spiro atoms. The molecule has 0 aliphatic carbocycles. The van der Waals surface area contributed by atoms with Gasteiger partial charge in [-0.25, -0.2) is 18.7 Å². The van der Waals surface area contributed by atoms with Crippen LogP contribution in [0, 0.1) is 0 Å². The second-order valence-electron chi connectivity index (χ2n) is 2.25. The van der Waals surface area contributed by atoms with Crippen LogP contribution in [-0.4, -0.2) is 16.4 Å². The van der Waals surface area contributed by atoms with Crippen LogP contribution in [0.25, 0.3) is 0 Å². The van der Waals surface area contributed by atoms with Gasteiger partial charge in [0.2, 0.25) is 0 Å². The molecule has 7 heteroatoms. The van der Waals surface area contributed by atoms with E-state index < -0.39 is 18.0 Å². The summed E-state index contributed by atoms with van der Waals surface area (Å²) >= 11 is 0. The summed E-state index contributed by atoms with van der Waals surface area (Å²) in [4.78, 5) is 6.31. The predicted octanol–water partition coefficient (Wildman–Crippen LogP) is 1.42. The van der Waals surface area contributed by atoms with Gasteiger partial charge in [0.25, 0.3) is 0 Å². The Morgan fingerprint density at radius 3 is 2.38 bits per heavy atom. The lowest BCUT2D eigenvalue weighted by atomic mass is 10.2. The van der Waals surface area contributed by atoms with Crippen LogP contribution in [0.5, 0.6) is 0 Å². The topological polar surface area (TPSA) is 51.8 Å². The van der Waals surface area contributed by atoms with Crippen LogP contribution in [0.15, 0.2) is 12.4 Å². The van der Waals surface area contributed by atoms with E-state index in [1.54, 1.807) is 0 Å². The number of halogens is 4. The smallest absolute Gasteiger partial charge is 0.349 e. The van der Waals surface area contributed by atoms with Gasteiger partial charge in [-0.1, -0.05) is 0 Å². The lowest BCUT2D eigenvalue weighted by Crippen LogP contribution is -2.25. The predicted molar refractivity (Wildman–Crippen MR) is 36.3 cm³/mol. The third-order valence-corrected chi connectivity index (χ3v) is 1.30. The number of anilines is 1. The van der Waals surface area contributed by atoms with Crippen molar-refractivity contribution in [2.75, 3.05) is 5.73 Å².